The van der Waals surface area contributed by atoms with Crippen molar-refractivity contribution in [3.63, 3.8) is 0 Å². The largest absolute Gasteiger partial charge is 0.507 e. The van der Waals surface area contributed by atoms with Crippen molar-refractivity contribution in [3.05, 3.63) is 34.0 Å². The molecule has 4 rings (SSSR count). The number of aliphatic hydroxyl groups is 3. The van der Waals surface area contributed by atoms with E-state index in [1.807, 2.05) is 0 Å². The fourth-order valence-electron chi connectivity index (χ4n) is 4.32. The van der Waals surface area contributed by atoms with Crippen LogP contribution in [0.3, 0.4) is 0 Å². The Morgan fingerprint density at radius 1 is 1.07 bits per heavy atom. The molecule has 0 amide bonds. The summed E-state index contributed by atoms with van der Waals surface area (Å²) >= 11 is 0. The molecule has 0 saturated heterocycles. The molecule has 3 aromatic rings. The molecule has 0 aliphatic heterocycles. The van der Waals surface area contributed by atoms with Gasteiger partial charge in [0.05, 0.1) is 24.7 Å². The van der Waals surface area contributed by atoms with Crippen LogP contribution in [0.5, 0.6) is 23.0 Å². The number of hydrogen-bond donors (Lipinski definition) is 6. The van der Waals surface area contributed by atoms with Gasteiger partial charge in [-0.3, -0.25) is 4.79 Å². The predicted molar refractivity (Wildman–Crippen MR) is 106 cm³/mol. The van der Waals surface area contributed by atoms with Crippen molar-refractivity contribution in [2.24, 2.45) is 5.92 Å². The Labute approximate surface area is 170 Å². The van der Waals surface area contributed by atoms with Gasteiger partial charge in [-0.1, -0.05) is 0 Å². The topological polar surface area (TPSA) is 161 Å². The molecule has 0 bridgehead atoms. The summed E-state index contributed by atoms with van der Waals surface area (Å²) in [7, 11) is 1.32. The van der Waals surface area contributed by atoms with Crippen LogP contribution in [0.15, 0.2) is 27.4 Å². The Morgan fingerprint density at radius 2 is 1.77 bits per heavy atom. The molecule has 1 heterocycles. The molecule has 4 atom stereocenters. The Kier molecular flexibility index (Phi) is 4.97. The molecule has 30 heavy (non-hydrogen) atoms. The first-order valence-electron chi connectivity index (χ1n) is 9.46. The molecule has 0 spiro atoms. The quantitative estimate of drug-likeness (QED) is 0.344. The van der Waals surface area contributed by atoms with E-state index in [9.17, 15) is 35.4 Å². The van der Waals surface area contributed by atoms with Crippen LogP contribution in [-0.4, -0.2) is 56.6 Å². The Balaban J connectivity index is 1.98. The highest BCUT2D eigenvalue weighted by Gasteiger charge is 2.39. The van der Waals surface area contributed by atoms with Crippen LogP contribution in [-0.2, 0) is 0 Å². The third kappa shape index (κ3) is 3.02. The summed E-state index contributed by atoms with van der Waals surface area (Å²) in [5.74, 6) is -2.43. The Bertz CT molecular complexity index is 1180. The van der Waals surface area contributed by atoms with E-state index in [0.29, 0.717) is 0 Å². The van der Waals surface area contributed by atoms with Crippen LogP contribution in [0, 0.1) is 5.92 Å². The third-order valence-corrected chi connectivity index (χ3v) is 5.85. The molecule has 0 radical (unpaired) electrons. The summed E-state index contributed by atoms with van der Waals surface area (Å²) in [5, 5.41) is 61.3. The van der Waals surface area contributed by atoms with Crippen molar-refractivity contribution in [1.29, 1.82) is 0 Å². The minimum absolute atomic E-state index is 0.0332. The van der Waals surface area contributed by atoms with Crippen molar-refractivity contribution >= 4 is 21.9 Å². The number of benzene rings is 2. The first-order valence-corrected chi connectivity index (χ1v) is 9.46. The Morgan fingerprint density at radius 3 is 2.43 bits per heavy atom. The molecule has 9 nitrogen and oxygen atoms in total. The van der Waals surface area contributed by atoms with Crippen LogP contribution < -0.4 is 10.2 Å². The first kappa shape index (κ1) is 20.3. The van der Waals surface area contributed by atoms with Crippen molar-refractivity contribution in [1.82, 2.24) is 0 Å². The van der Waals surface area contributed by atoms with Crippen LogP contribution in [0.4, 0.5) is 0 Å². The lowest BCUT2D eigenvalue weighted by atomic mass is 9.74. The summed E-state index contributed by atoms with van der Waals surface area (Å²) in [5.41, 5.74) is -0.788. The van der Waals surface area contributed by atoms with Gasteiger partial charge in [0, 0.05) is 30.2 Å². The molecule has 1 saturated carbocycles. The molecular formula is C21H22O9. The highest BCUT2D eigenvalue weighted by molar-refractivity contribution is 5.96. The van der Waals surface area contributed by atoms with Crippen molar-refractivity contribution in [3.8, 4) is 23.0 Å². The lowest BCUT2D eigenvalue weighted by Gasteiger charge is -2.36. The normalized spacial score (nSPS) is 24.4. The van der Waals surface area contributed by atoms with E-state index in [4.69, 9.17) is 9.15 Å². The molecule has 6 N–H and O–H groups in total. The van der Waals surface area contributed by atoms with Crippen molar-refractivity contribution in [2.75, 3.05) is 13.7 Å². The van der Waals surface area contributed by atoms with Crippen molar-refractivity contribution in [2.45, 2.75) is 31.0 Å². The van der Waals surface area contributed by atoms with E-state index in [-0.39, 0.29) is 64.4 Å². The number of phenolic OH excluding ortho intramolecular Hbond substituents is 3. The van der Waals surface area contributed by atoms with Gasteiger partial charge in [-0.15, -0.1) is 0 Å². The second-order valence-corrected chi connectivity index (χ2v) is 7.67. The minimum atomic E-state index is -1.30. The van der Waals surface area contributed by atoms with Gasteiger partial charge in [-0.2, -0.15) is 0 Å². The maximum absolute atomic E-state index is 13.1. The maximum Gasteiger partial charge on any atom is 0.204 e. The van der Waals surface area contributed by atoms with Crippen LogP contribution in [0.2, 0.25) is 0 Å². The predicted octanol–water partition coefficient (Wildman–Crippen LogP) is 1.28. The molecule has 1 aliphatic rings. The molecule has 4 unspecified atom stereocenters. The summed E-state index contributed by atoms with van der Waals surface area (Å²) < 4.78 is 10.6. The van der Waals surface area contributed by atoms with Gasteiger partial charge in [0.1, 0.15) is 28.1 Å². The molecule has 160 valence electrons. The van der Waals surface area contributed by atoms with Gasteiger partial charge >= 0.3 is 0 Å². The van der Waals surface area contributed by atoms with Crippen LogP contribution >= 0.6 is 0 Å². The highest BCUT2D eigenvalue weighted by atomic mass is 16.5. The number of phenols is 3. The number of hydrogen-bond acceptors (Lipinski definition) is 9. The number of aliphatic hydroxyl groups excluding tert-OH is 3. The number of ether oxygens (including phenoxy) is 1. The summed E-state index contributed by atoms with van der Waals surface area (Å²) in [4.78, 5) is 13.1. The van der Waals surface area contributed by atoms with Gasteiger partial charge < -0.3 is 39.8 Å². The second kappa shape index (κ2) is 7.35. The molecule has 1 fully saturated rings. The fraction of sp³-hybridized carbons (Fsp3) is 0.381. The van der Waals surface area contributed by atoms with E-state index in [0.717, 1.165) is 6.07 Å². The summed E-state index contributed by atoms with van der Waals surface area (Å²) in [6, 6.07) is 3.63. The summed E-state index contributed by atoms with van der Waals surface area (Å²) in [6.45, 7) is -0.231. The molecule has 1 aromatic heterocycles. The average molecular weight is 418 g/mol. The average Bonchev–Trinajstić information content (AvgIpc) is 2.70. The summed E-state index contributed by atoms with van der Waals surface area (Å²) in [6.07, 6.45) is -2.08. The van der Waals surface area contributed by atoms with Gasteiger partial charge in [0.2, 0.25) is 5.43 Å². The van der Waals surface area contributed by atoms with Gasteiger partial charge in [-0.05, 0) is 24.8 Å². The van der Waals surface area contributed by atoms with Gasteiger partial charge in [-0.25, -0.2) is 0 Å². The number of fused-ring (bicyclic) bond motifs is 2. The van der Waals surface area contributed by atoms with Crippen LogP contribution in [0.1, 0.15) is 24.3 Å². The second-order valence-electron chi connectivity index (χ2n) is 7.67. The maximum atomic E-state index is 13.1. The SMILES string of the molecule is COc1cc2c(=O)c3c(O)c(C4CC(CO)CC(O)C4O)c(O)cc3oc2cc1O. The number of rotatable bonds is 3. The Hall–Kier alpha value is -3.01. The fourth-order valence-corrected chi connectivity index (χ4v) is 4.32. The lowest BCUT2D eigenvalue weighted by molar-refractivity contribution is -0.0479. The third-order valence-electron chi connectivity index (χ3n) is 5.85. The number of aromatic hydroxyl groups is 3. The zero-order valence-corrected chi connectivity index (χ0v) is 16.1. The number of methoxy groups -OCH3 is 1. The molecule has 1 aliphatic carbocycles. The molecule has 9 heteroatoms. The zero-order valence-electron chi connectivity index (χ0n) is 16.1. The van der Waals surface area contributed by atoms with E-state index >= 15 is 0 Å². The monoisotopic (exact) mass is 418 g/mol. The van der Waals surface area contributed by atoms with Crippen molar-refractivity contribution < 1.29 is 39.8 Å². The molecular weight excluding hydrogens is 396 g/mol. The van der Waals surface area contributed by atoms with Gasteiger partial charge in [0.15, 0.2) is 11.5 Å². The first-order chi connectivity index (χ1) is 14.3. The van der Waals surface area contributed by atoms with E-state index in [1.165, 1.54) is 19.2 Å². The van der Waals surface area contributed by atoms with E-state index in [2.05, 4.69) is 0 Å². The standard InChI is InChI=1S/C21H22O9/c1-29-15-4-9-14(5-11(15)23)30-16-6-12(24)17(21(28)18(16)20(9)27)10-2-8(7-22)3-13(25)19(10)26/h4-6,8,10,13,19,22-26,28H,2-3,7H2,1H3. The van der Waals surface area contributed by atoms with Gasteiger partial charge in [0.25, 0.3) is 0 Å². The highest BCUT2D eigenvalue weighted by Crippen LogP contribution is 2.46. The van der Waals surface area contributed by atoms with E-state index < -0.39 is 35.1 Å². The van der Waals surface area contributed by atoms with Crippen LogP contribution in [0.25, 0.3) is 21.9 Å². The lowest BCUT2D eigenvalue weighted by Crippen LogP contribution is -2.40. The minimum Gasteiger partial charge on any atom is -0.507 e. The zero-order chi connectivity index (χ0) is 21.7. The molecule has 2 aromatic carbocycles. The smallest absolute Gasteiger partial charge is 0.204 e. The van der Waals surface area contributed by atoms with E-state index in [1.54, 1.807) is 0 Å².